The van der Waals surface area contributed by atoms with Gasteiger partial charge in [-0.25, -0.2) is 8.42 Å². The Labute approximate surface area is 183 Å². The number of rotatable bonds is 6. The van der Waals surface area contributed by atoms with E-state index in [-0.39, 0.29) is 17.3 Å². The average Bonchev–Trinajstić information content (AvgIpc) is 3.34. The van der Waals surface area contributed by atoms with E-state index in [0.717, 1.165) is 11.3 Å². The molecule has 4 rings (SSSR count). The molecule has 0 saturated carbocycles. The fourth-order valence-corrected chi connectivity index (χ4v) is 5.74. The summed E-state index contributed by atoms with van der Waals surface area (Å²) in [6.45, 7) is 5.61. The van der Waals surface area contributed by atoms with Crippen molar-refractivity contribution in [2.75, 3.05) is 11.9 Å². The first-order valence-corrected chi connectivity index (χ1v) is 11.6. The molecule has 1 aromatic heterocycles. The lowest BCUT2D eigenvalue weighted by Gasteiger charge is -2.28. The summed E-state index contributed by atoms with van der Waals surface area (Å²) in [7, 11) is -2.17. The molecule has 3 aromatic rings. The van der Waals surface area contributed by atoms with Crippen LogP contribution in [0.3, 0.4) is 0 Å². The number of hydrogen-bond acceptors (Lipinski definition) is 4. The van der Waals surface area contributed by atoms with Crippen LogP contribution in [0.25, 0.3) is 0 Å². The number of nitrogens with zero attached hydrogens (tertiary/aromatic N) is 2. The fourth-order valence-electron chi connectivity index (χ4n) is 4.13. The second-order valence-corrected chi connectivity index (χ2v) is 10.3. The van der Waals surface area contributed by atoms with Crippen LogP contribution in [-0.2, 0) is 26.8 Å². The van der Waals surface area contributed by atoms with Gasteiger partial charge < -0.3 is 9.32 Å². The number of furan rings is 1. The predicted octanol–water partition coefficient (Wildman–Crippen LogP) is 4.49. The molecule has 0 N–H and O–H groups in total. The molecule has 0 saturated heterocycles. The molecule has 1 aliphatic rings. The van der Waals surface area contributed by atoms with Gasteiger partial charge in [-0.3, -0.25) is 4.79 Å². The van der Waals surface area contributed by atoms with Crippen LogP contribution in [-0.4, -0.2) is 25.7 Å². The highest BCUT2D eigenvalue weighted by atomic mass is 32.2. The number of likely N-dealkylation sites (N-methyl/N-ethyl adjacent to an activating group) is 1. The van der Waals surface area contributed by atoms with E-state index in [0.29, 0.717) is 11.3 Å². The Morgan fingerprint density at radius 3 is 2.42 bits per heavy atom. The maximum atomic E-state index is 13.8. The molecule has 2 aromatic carbocycles. The average molecular weight is 439 g/mol. The molecule has 7 heteroatoms. The molecule has 0 bridgehead atoms. The Morgan fingerprint density at radius 2 is 1.77 bits per heavy atom. The van der Waals surface area contributed by atoms with E-state index in [4.69, 9.17) is 4.42 Å². The standard InChI is InChI=1S/C24H26N2O4S/c1-17(18-9-6-5-7-10-18)26(16-19-11-8-14-30-19)31(28,29)20-12-13-22-21(15-20)24(2,3)23(27)25(22)4/h5-15,17H,16H2,1-4H3/t17-/m1/s1. The summed E-state index contributed by atoms with van der Waals surface area (Å²) >= 11 is 0. The lowest BCUT2D eigenvalue weighted by atomic mass is 9.86. The van der Waals surface area contributed by atoms with Crippen molar-refractivity contribution in [3.63, 3.8) is 0 Å². The van der Waals surface area contributed by atoms with E-state index >= 15 is 0 Å². The van der Waals surface area contributed by atoms with Gasteiger partial charge in [0.05, 0.1) is 23.1 Å². The zero-order chi connectivity index (χ0) is 22.4. The van der Waals surface area contributed by atoms with E-state index in [1.54, 1.807) is 42.3 Å². The number of amides is 1. The molecule has 31 heavy (non-hydrogen) atoms. The van der Waals surface area contributed by atoms with Gasteiger partial charge in [0, 0.05) is 18.8 Å². The molecule has 1 aliphatic heterocycles. The lowest BCUT2D eigenvalue weighted by molar-refractivity contribution is -0.121. The van der Waals surface area contributed by atoms with Gasteiger partial charge in [0.2, 0.25) is 15.9 Å². The van der Waals surface area contributed by atoms with Gasteiger partial charge in [-0.2, -0.15) is 4.31 Å². The van der Waals surface area contributed by atoms with Gasteiger partial charge in [-0.15, -0.1) is 0 Å². The summed E-state index contributed by atoms with van der Waals surface area (Å²) in [5.74, 6) is 0.505. The highest BCUT2D eigenvalue weighted by molar-refractivity contribution is 7.89. The maximum Gasteiger partial charge on any atom is 0.244 e. The highest BCUT2D eigenvalue weighted by Crippen LogP contribution is 2.42. The summed E-state index contributed by atoms with van der Waals surface area (Å²) in [5, 5.41) is 0. The summed E-state index contributed by atoms with van der Waals surface area (Å²) in [5.41, 5.74) is 1.55. The molecule has 0 unspecified atom stereocenters. The molecular weight excluding hydrogens is 412 g/mol. The molecule has 0 radical (unpaired) electrons. The monoisotopic (exact) mass is 438 g/mol. The maximum absolute atomic E-state index is 13.8. The molecular formula is C24H26N2O4S. The van der Waals surface area contributed by atoms with Crippen molar-refractivity contribution in [3.05, 3.63) is 83.8 Å². The quantitative estimate of drug-likeness (QED) is 0.569. The Balaban J connectivity index is 1.80. The Morgan fingerprint density at radius 1 is 1.06 bits per heavy atom. The molecule has 0 aliphatic carbocycles. The topological polar surface area (TPSA) is 70.8 Å². The minimum absolute atomic E-state index is 0.0536. The largest absolute Gasteiger partial charge is 0.468 e. The number of benzene rings is 2. The summed E-state index contributed by atoms with van der Waals surface area (Å²) in [4.78, 5) is 14.4. The number of fused-ring (bicyclic) bond motifs is 1. The van der Waals surface area contributed by atoms with Gasteiger partial charge in [-0.05, 0) is 62.2 Å². The molecule has 162 valence electrons. The van der Waals surface area contributed by atoms with E-state index < -0.39 is 21.5 Å². The molecule has 1 amide bonds. The Hall–Kier alpha value is -2.90. The summed E-state index contributed by atoms with van der Waals surface area (Å²) in [6.07, 6.45) is 1.53. The fraction of sp³-hybridized carbons (Fsp3) is 0.292. The van der Waals surface area contributed by atoms with Crippen molar-refractivity contribution >= 4 is 21.6 Å². The van der Waals surface area contributed by atoms with Crippen LogP contribution < -0.4 is 4.90 Å². The van der Waals surface area contributed by atoms with Gasteiger partial charge in [0.25, 0.3) is 0 Å². The second kappa shape index (κ2) is 7.66. The zero-order valence-corrected chi connectivity index (χ0v) is 18.9. The summed E-state index contributed by atoms with van der Waals surface area (Å²) < 4.78 is 34.6. The number of carbonyl (C=O) groups excluding carboxylic acids is 1. The van der Waals surface area contributed by atoms with Crippen LogP contribution in [0.2, 0.25) is 0 Å². The zero-order valence-electron chi connectivity index (χ0n) is 18.1. The third-order valence-corrected chi connectivity index (χ3v) is 7.97. The van der Waals surface area contributed by atoms with Crippen molar-refractivity contribution in [2.24, 2.45) is 0 Å². The number of anilines is 1. The van der Waals surface area contributed by atoms with E-state index in [1.807, 2.05) is 51.1 Å². The molecule has 6 nitrogen and oxygen atoms in total. The van der Waals surface area contributed by atoms with Crippen LogP contribution in [0.1, 0.15) is 43.7 Å². The first-order valence-electron chi connectivity index (χ1n) is 10.2. The smallest absolute Gasteiger partial charge is 0.244 e. The van der Waals surface area contributed by atoms with Gasteiger partial charge in [0.15, 0.2) is 0 Å². The predicted molar refractivity (Wildman–Crippen MR) is 119 cm³/mol. The van der Waals surface area contributed by atoms with Crippen molar-refractivity contribution in [3.8, 4) is 0 Å². The number of carbonyl (C=O) groups is 1. The van der Waals surface area contributed by atoms with Gasteiger partial charge in [0.1, 0.15) is 5.76 Å². The van der Waals surface area contributed by atoms with Crippen LogP contribution in [0.5, 0.6) is 0 Å². The summed E-state index contributed by atoms with van der Waals surface area (Å²) in [6, 6.07) is 17.5. The van der Waals surface area contributed by atoms with Gasteiger partial charge in [-0.1, -0.05) is 30.3 Å². The van der Waals surface area contributed by atoms with Crippen LogP contribution >= 0.6 is 0 Å². The number of hydrogen-bond donors (Lipinski definition) is 0. The normalized spacial score (nSPS) is 16.5. The van der Waals surface area contributed by atoms with Crippen molar-refractivity contribution in [1.29, 1.82) is 0 Å². The lowest BCUT2D eigenvalue weighted by Crippen LogP contribution is -2.34. The minimum Gasteiger partial charge on any atom is -0.468 e. The Kier molecular flexibility index (Phi) is 5.27. The minimum atomic E-state index is -3.89. The highest BCUT2D eigenvalue weighted by Gasteiger charge is 2.43. The van der Waals surface area contributed by atoms with Crippen LogP contribution in [0, 0.1) is 0 Å². The van der Waals surface area contributed by atoms with Crippen molar-refractivity contribution in [2.45, 2.75) is 43.7 Å². The third-order valence-electron chi connectivity index (χ3n) is 6.05. The first kappa shape index (κ1) is 21.3. The Bertz CT molecular complexity index is 1200. The van der Waals surface area contributed by atoms with Gasteiger partial charge >= 0.3 is 0 Å². The SMILES string of the molecule is C[C@H](c1ccccc1)N(Cc1ccco1)S(=O)(=O)c1ccc2c(c1)C(C)(C)C(=O)N2C. The van der Waals surface area contributed by atoms with E-state index in [9.17, 15) is 13.2 Å². The number of sulfonamides is 1. The van der Waals surface area contributed by atoms with Crippen molar-refractivity contribution in [1.82, 2.24) is 4.31 Å². The van der Waals surface area contributed by atoms with Crippen molar-refractivity contribution < 1.29 is 17.6 Å². The molecule has 0 fully saturated rings. The molecule has 2 heterocycles. The van der Waals surface area contributed by atoms with E-state index in [2.05, 4.69) is 0 Å². The molecule has 1 atom stereocenters. The third kappa shape index (κ3) is 3.58. The second-order valence-electron chi connectivity index (χ2n) is 8.38. The molecule has 0 spiro atoms. The first-order chi connectivity index (χ1) is 14.6. The van der Waals surface area contributed by atoms with Crippen LogP contribution in [0.4, 0.5) is 5.69 Å². The van der Waals surface area contributed by atoms with Crippen LogP contribution in [0.15, 0.2) is 76.2 Å². The van der Waals surface area contributed by atoms with E-state index in [1.165, 1.54) is 10.6 Å².